The SMILES string of the molecule is O=C(c1cc[nH]c(=O)c1)N1CC(CN2C(=O)COC2=O)C1. The Morgan fingerprint density at radius 2 is 2.10 bits per heavy atom. The second-order valence-electron chi connectivity index (χ2n) is 5.08. The van der Waals surface area contributed by atoms with Crippen LogP contribution < -0.4 is 5.56 Å². The van der Waals surface area contributed by atoms with Crippen molar-refractivity contribution in [1.29, 1.82) is 0 Å². The highest BCUT2D eigenvalue weighted by Crippen LogP contribution is 2.21. The summed E-state index contributed by atoms with van der Waals surface area (Å²) in [5.74, 6) is -0.530. The lowest BCUT2D eigenvalue weighted by Crippen LogP contribution is -2.54. The zero-order valence-corrected chi connectivity index (χ0v) is 11.1. The Hall–Kier alpha value is -2.64. The van der Waals surface area contributed by atoms with Crippen molar-refractivity contribution in [3.8, 4) is 0 Å². The normalized spacial score (nSPS) is 18.7. The molecule has 1 aromatic heterocycles. The summed E-state index contributed by atoms with van der Waals surface area (Å²) in [4.78, 5) is 51.0. The number of cyclic esters (lactones) is 1. The van der Waals surface area contributed by atoms with E-state index in [1.165, 1.54) is 12.3 Å². The second kappa shape index (κ2) is 5.04. The standard InChI is InChI=1S/C13H13N3O5/c17-10-3-9(1-2-14-10)12(19)15-4-8(5-15)6-16-11(18)7-21-13(16)20/h1-3,8H,4-7H2,(H,14,17). The maximum absolute atomic E-state index is 12.1. The van der Waals surface area contributed by atoms with Crippen molar-refractivity contribution < 1.29 is 19.1 Å². The minimum Gasteiger partial charge on any atom is -0.439 e. The van der Waals surface area contributed by atoms with Crippen molar-refractivity contribution in [2.45, 2.75) is 0 Å². The predicted octanol–water partition coefficient (Wildman–Crippen LogP) is -0.574. The lowest BCUT2D eigenvalue weighted by atomic mass is 9.98. The van der Waals surface area contributed by atoms with Gasteiger partial charge in [-0.3, -0.25) is 14.4 Å². The molecule has 8 nitrogen and oxygen atoms in total. The van der Waals surface area contributed by atoms with E-state index >= 15 is 0 Å². The Morgan fingerprint density at radius 1 is 1.33 bits per heavy atom. The number of hydrogen-bond acceptors (Lipinski definition) is 5. The molecular formula is C13H13N3O5. The van der Waals surface area contributed by atoms with Crippen molar-refractivity contribution >= 4 is 17.9 Å². The van der Waals surface area contributed by atoms with E-state index in [2.05, 4.69) is 9.72 Å². The quantitative estimate of drug-likeness (QED) is 0.803. The number of hydrogen-bond donors (Lipinski definition) is 1. The predicted molar refractivity (Wildman–Crippen MR) is 69.5 cm³/mol. The van der Waals surface area contributed by atoms with Gasteiger partial charge >= 0.3 is 6.09 Å². The molecule has 3 rings (SSSR count). The van der Waals surface area contributed by atoms with Crippen LogP contribution in [0.4, 0.5) is 4.79 Å². The Bertz CT molecular complexity index is 646. The number of imide groups is 1. The number of ether oxygens (including phenoxy) is 1. The zero-order valence-electron chi connectivity index (χ0n) is 11.1. The summed E-state index contributed by atoms with van der Waals surface area (Å²) in [7, 11) is 0. The summed E-state index contributed by atoms with van der Waals surface area (Å²) in [5, 5.41) is 0. The molecule has 8 heteroatoms. The third-order valence-electron chi connectivity index (χ3n) is 3.55. The highest BCUT2D eigenvalue weighted by Gasteiger charge is 2.38. The summed E-state index contributed by atoms with van der Waals surface area (Å²) >= 11 is 0. The van der Waals surface area contributed by atoms with Crippen molar-refractivity contribution in [2.24, 2.45) is 5.92 Å². The molecule has 2 aliphatic heterocycles. The molecule has 21 heavy (non-hydrogen) atoms. The third kappa shape index (κ3) is 2.51. The summed E-state index contributed by atoms with van der Waals surface area (Å²) in [5.41, 5.74) is -0.00260. The number of aromatic nitrogens is 1. The summed E-state index contributed by atoms with van der Waals surface area (Å²) in [6.07, 6.45) is 0.797. The Labute approximate surface area is 119 Å². The van der Waals surface area contributed by atoms with Gasteiger partial charge in [-0.05, 0) is 6.07 Å². The molecular weight excluding hydrogens is 278 g/mol. The van der Waals surface area contributed by atoms with Gasteiger partial charge in [0.05, 0.1) is 0 Å². The number of likely N-dealkylation sites (tertiary alicyclic amines) is 1. The van der Waals surface area contributed by atoms with E-state index in [-0.39, 0.29) is 36.4 Å². The fourth-order valence-corrected chi connectivity index (χ4v) is 2.43. The van der Waals surface area contributed by atoms with E-state index in [9.17, 15) is 19.2 Å². The molecule has 2 aliphatic rings. The molecule has 0 radical (unpaired) electrons. The molecule has 2 fully saturated rings. The van der Waals surface area contributed by atoms with Gasteiger partial charge in [0.1, 0.15) is 0 Å². The molecule has 110 valence electrons. The number of aromatic amines is 1. The van der Waals surface area contributed by atoms with Gasteiger partial charge in [-0.25, -0.2) is 9.69 Å². The first-order valence-corrected chi connectivity index (χ1v) is 6.50. The monoisotopic (exact) mass is 291 g/mol. The van der Waals surface area contributed by atoms with Crippen LogP contribution in [0.5, 0.6) is 0 Å². The molecule has 3 amide bonds. The van der Waals surface area contributed by atoms with Gasteiger partial charge in [-0.15, -0.1) is 0 Å². The molecule has 0 bridgehead atoms. The van der Waals surface area contributed by atoms with Gasteiger partial charge in [0.2, 0.25) is 5.56 Å². The van der Waals surface area contributed by atoms with E-state index in [1.54, 1.807) is 11.0 Å². The molecule has 3 heterocycles. The number of amides is 3. The first kappa shape index (κ1) is 13.3. The fourth-order valence-electron chi connectivity index (χ4n) is 2.43. The number of nitrogens with zero attached hydrogens (tertiary/aromatic N) is 2. The third-order valence-corrected chi connectivity index (χ3v) is 3.55. The molecule has 2 saturated heterocycles. The topological polar surface area (TPSA) is 99.8 Å². The average Bonchev–Trinajstić information content (AvgIpc) is 2.72. The van der Waals surface area contributed by atoms with Gasteiger partial charge < -0.3 is 14.6 Å². The van der Waals surface area contributed by atoms with E-state index in [1.807, 2.05) is 0 Å². The highest BCUT2D eigenvalue weighted by atomic mass is 16.6. The number of pyridine rings is 1. The number of rotatable bonds is 3. The zero-order chi connectivity index (χ0) is 15.0. The molecule has 1 aromatic rings. The molecule has 1 N–H and O–H groups in total. The van der Waals surface area contributed by atoms with Crippen LogP contribution in [-0.2, 0) is 9.53 Å². The Morgan fingerprint density at radius 3 is 2.71 bits per heavy atom. The molecule has 0 aromatic carbocycles. The van der Waals surface area contributed by atoms with Crippen molar-refractivity contribution in [2.75, 3.05) is 26.2 Å². The van der Waals surface area contributed by atoms with Crippen LogP contribution in [0.3, 0.4) is 0 Å². The minimum absolute atomic E-state index is 0.0468. The molecule has 0 unspecified atom stereocenters. The summed E-state index contributed by atoms with van der Waals surface area (Å²) in [6, 6.07) is 2.79. The lowest BCUT2D eigenvalue weighted by molar-refractivity contribution is -0.126. The van der Waals surface area contributed by atoms with E-state index in [4.69, 9.17) is 0 Å². The maximum atomic E-state index is 12.1. The van der Waals surface area contributed by atoms with E-state index < -0.39 is 6.09 Å². The number of carbonyl (C=O) groups is 3. The lowest BCUT2D eigenvalue weighted by Gasteiger charge is -2.40. The van der Waals surface area contributed by atoms with E-state index in [0.29, 0.717) is 18.7 Å². The van der Waals surface area contributed by atoms with Crippen molar-refractivity contribution in [3.05, 3.63) is 34.2 Å². The van der Waals surface area contributed by atoms with Gasteiger partial charge in [-0.2, -0.15) is 0 Å². The molecule has 0 atom stereocenters. The van der Waals surface area contributed by atoms with Crippen molar-refractivity contribution in [3.63, 3.8) is 0 Å². The van der Waals surface area contributed by atoms with Crippen LogP contribution in [0.25, 0.3) is 0 Å². The number of H-pyrrole nitrogens is 1. The highest BCUT2D eigenvalue weighted by molar-refractivity contribution is 5.98. The molecule has 0 saturated carbocycles. The van der Waals surface area contributed by atoms with Crippen LogP contribution in [-0.4, -0.2) is 58.9 Å². The van der Waals surface area contributed by atoms with Crippen LogP contribution in [0.1, 0.15) is 10.4 Å². The van der Waals surface area contributed by atoms with Gasteiger partial charge in [0, 0.05) is 43.4 Å². The first-order chi connectivity index (χ1) is 10.0. The first-order valence-electron chi connectivity index (χ1n) is 6.50. The maximum Gasteiger partial charge on any atom is 0.417 e. The fraction of sp³-hybridized carbons (Fsp3) is 0.385. The Kier molecular flexibility index (Phi) is 3.20. The molecule has 0 aliphatic carbocycles. The van der Waals surface area contributed by atoms with Gasteiger partial charge in [-0.1, -0.05) is 0 Å². The second-order valence-corrected chi connectivity index (χ2v) is 5.08. The number of carbonyl (C=O) groups excluding carboxylic acids is 3. The Balaban J connectivity index is 1.56. The van der Waals surface area contributed by atoms with Crippen LogP contribution >= 0.6 is 0 Å². The van der Waals surface area contributed by atoms with Crippen LogP contribution in [0.15, 0.2) is 23.1 Å². The average molecular weight is 291 g/mol. The minimum atomic E-state index is -0.626. The largest absolute Gasteiger partial charge is 0.439 e. The summed E-state index contributed by atoms with van der Waals surface area (Å²) in [6.45, 7) is 0.948. The van der Waals surface area contributed by atoms with E-state index in [0.717, 1.165) is 4.90 Å². The van der Waals surface area contributed by atoms with Gasteiger partial charge in [0.25, 0.3) is 11.8 Å². The molecule has 0 spiro atoms. The summed E-state index contributed by atoms with van der Waals surface area (Å²) < 4.78 is 4.62. The van der Waals surface area contributed by atoms with Crippen LogP contribution in [0, 0.1) is 5.92 Å². The van der Waals surface area contributed by atoms with Crippen molar-refractivity contribution in [1.82, 2.24) is 14.8 Å². The van der Waals surface area contributed by atoms with Gasteiger partial charge in [0.15, 0.2) is 6.61 Å². The van der Waals surface area contributed by atoms with Crippen LogP contribution in [0.2, 0.25) is 0 Å². The smallest absolute Gasteiger partial charge is 0.417 e. The number of nitrogens with one attached hydrogen (secondary N) is 1.